The van der Waals surface area contributed by atoms with Gasteiger partial charge < -0.3 is 15.4 Å². The first-order chi connectivity index (χ1) is 11.1. The van der Waals surface area contributed by atoms with E-state index in [4.69, 9.17) is 4.74 Å². The molecule has 0 radical (unpaired) electrons. The molecule has 1 aromatic carbocycles. The molecule has 2 N–H and O–H groups in total. The summed E-state index contributed by atoms with van der Waals surface area (Å²) in [6.07, 6.45) is 0.241. The minimum Gasteiger partial charge on any atom is -0.478 e. The number of ether oxygens (including phenoxy) is 1. The number of nitrogens with zero attached hydrogens (tertiary/aromatic N) is 2. The number of carbonyl (C=O) groups excluding carboxylic acids is 1. The Morgan fingerprint density at radius 3 is 2.96 bits per heavy atom. The summed E-state index contributed by atoms with van der Waals surface area (Å²) in [6, 6.07) is 6.02. The van der Waals surface area contributed by atoms with Crippen molar-refractivity contribution in [3.63, 3.8) is 0 Å². The molecule has 1 aliphatic rings. The zero-order valence-corrected chi connectivity index (χ0v) is 14.2. The van der Waals surface area contributed by atoms with Crippen LogP contribution in [0.15, 0.2) is 18.2 Å². The summed E-state index contributed by atoms with van der Waals surface area (Å²) in [6.45, 7) is 6.66. The lowest BCUT2D eigenvalue weighted by atomic mass is 10.1. The summed E-state index contributed by atoms with van der Waals surface area (Å²) in [7, 11) is 0. The van der Waals surface area contributed by atoms with Crippen LogP contribution < -0.4 is 15.4 Å². The van der Waals surface area contributed by atoms with Crippen LogP contribution >= 0.6 is 11.3 Å². The molecule has 122 valence electrons. The topological polar surface area (TPSA) is 76.1 Å². The normalized spacial score (nSPS) is 18.0. The van der Waals surface area contributed by atoms with Crippen molar-refractivity contribution >= 4 is 22.9 Å². The van der Waals surface area contributed by atoms with Gasteiger partial charge in [0.25, 0.3) is 5.91 Å². The summed E-state index contributed by atoms with van der Waals surface area (Å²) < 4.78 is 5.79. The Bertz CT molecular complexity index is 716. The van der Waals surface area contributed by atoms with E-state index >= 15 is 0 Å². The van der Waals surface area contributed by atoms with Gasteiger partial charge in [-0.3, -0.25) is 4.79 Å². The third-order valence-corrected chi connectivity index (χ3v) is 4.66. The molecule has 0 bridgehead atoms. The lowest BCUT2D eigenvalue weighted by Gasteiger charge is -2.26. The van der Waals surface area contributed by atoms with E-state index in [2.05, 4.69) is 27.8 Å². The summed E-state index contributed by atoms with van der Waals surface area (Å²) >= 11 is 1.59. The van der Waals surface area contributed by atoms with Crippen LogP contribution in [-0.4, -0.2) is 22.2 Å². The lowest BCUT2D eigenvalue weighted by Crippen LogP contribution is -2.36. The Labute approximate surface area is 139 Å². The average Bonchev–Trinajstić information content (AvgIpc) is 2.97. The van der Waals surface area contributed by atoms with E-state index in [0.717, 1.165) is 27.0 Å². The van der Waals surface area contributed by atoms with Crippen LogP contribution in [0.4, 0.5) is 5.69 Å². The molecule has 1 aliphatic heterocycles. The van der Waals surface area contributed by atoms with Crippen LogP contribution in [0, 0.1) is 6.92 Å². The van der Waals surface area contributed by atoms with E-state index < -0.39 is 6.10 Å². The molecular formula is C16H20N4O2S. The number of nitrogens with one attached hydrogen (secondary N) is 2. The predicted molar refractivity (Wildman–Crippen MR) is 89.7 cm³/mol. The monoisotopic (exact) mass is 332 g/mol. The fraction of sp³-hybridized carbons (Fsp3) is 0.438. The molecule has 0 spiro atoms. The second-order valence-electron chi connectivity index (χ2n) is 5.58. The molecular weight excluding hydrogens is 312 g/mol. The first-order valence-corrected chi connectivity index (χ1v) is 8.52. The highest BCUT2D eigenvalue weighted by Crippen LogP contribution is 2.33. The second kappa shape index (κ2) is 6.64. The zero-order valence-electron chi connectivity index (χ0n) is 13.4. The van der Waals surface area contributed by atoms with Crippen LogP contribution in [0.25, 0.3) is 0 Å². The quantitative estimate of drug-likeness (QED) is 0.880. The maximum absolute atomic E-state index is 11.8. The Kier molecular flexibility index (Phi) is 4.58. The van der Waals surface area contributed by atoms with Gasteiger partial charge in [0, 0.05) is 6.04 Å². The molecule has 0 saturated heterocycles. The summed E-state index contributed by atoms with van der Waals surface area (Å²) in [5.41, 5.74) is 1.84. The van der Waals surface area contributed by atoms with Crippen molar-refractivity contribution < 1.29 is 9.53 Å². The molecule has 1 aromatic heterocycles. The maximum atomic E-state index is 11.8. The van der Waals surface area contributed by atoms with Gasteiger partial charge in [-0.25, -0.2) is 0 Å². The van der Waals surface area contributed by atoms with Crippen LogP contribution in [0.5, 0.6) is 5.75 Å². The Morgan fingerprint density at radius 1 is 1.43 bits per heavy atom. The molecule has 0 aliphatic carbocycles. The second-order valence-corrected chi connectivity index (χ2v) is 6.84. The largest absolute Gasteiger partial charge is 0.478 e. The smallest absolute Gasteiger partial charge is 0.265 e. The SMILES string of the molecule is CCC1Oc2cc(C(C)NCc3nnc(C)s3)ccc2NC1=O. The number of amides is 1. The van der Waals surface area contributed by atoms with Gasteiger partial charge in [0.15, 0.2) is 6.10 Å². The van der Waals surface area contributed by atoms with Crippen LogP contribution in [0.2, 0.25) is 0 Å². The predicted octanol–water partition coefficient (Wildman–Crippen LogP) is 2.81. The third kappa shape index (κ3) is 3.51. The average molecular weight is 332 g/mol. The molecule has 3 rings (SSSR count). The van der Waals surface area contributed by atoms with Crippen LogP contribution in [0.1, 0.15) is 41.9 Å². The summed E-state index contributed by atoms with van der Waals surface area (Å²) in [5, 5.41) is 16.4. The Morgan fingerprint density at radius 2 is 2.26 bits per heavy atom. The van der Waals surface area contributed by atoms with Gasteiger partial charge in [-0.05, 0) is 38.0 Å². The molecule has 0 saturated carbocycles. The molecule has 2 unspecified atom stereocenters. The van der Waals surface area contributed by atoms with Gasteiger partial charge in [0.1, 0.15) is 15.8 Å². The van der Waals surface area contributed by atoms with Crippen molar-refractivity contribution in [3.8, 4) is 5.75 Å². The molecule has 2 heterocycles. The van der Waals surface area contributed by atoms with Gasteiger partial charge in [0.05, 0.1) is 12.2 Å². The number of carbonyl (C=O) groups is 1. The molecule has 7 heteroatoms. The van der Waals surface area contributed by atoms with Crippen molar-refractivity contribution in [3.05, 3.63) is 33.8 Å². The van der Waals surface area contributed by atoms with Crippen molar-refractivity contribution in [2.75, 3.05) is 5.32 Å². The van der Waals surface area contributed by atoms with Crippen molar-refractivity contribution in [2.24, 2.45) is 0 Å². The number of fused-ring (bicyclic) bond motifs is 1. The maximum Gasteiger partial charge on any atom is 0.265 e. The Balaban J connectivity index is 1.69. The molecule has 1 amide bonds. The summed E-state index contributed by atoms with van der Waals surface area (Å²) in [4.78, 5) is 11.8. The van der Waals surface area contributed by atoms with E-state index in [1.807, 2.05) is 32.0 Å². The molecule has 2 aromatic rings. The van der Waals surface area contributed by atoms with Gasteiger partial charge in [-0.2, -0.15) is 0 Å². The van der Waals surface area contributed by atoms with Crippen LogP contribution in [-0.2, 0) is 11.3 Å². The number of hydrogen-bond donors (Lipinski definition) is 2. The number of aromatic nitrogens is 2. The molecule has 6 nitrogen and oxygen atoms in total. The van der Waals surface area contributed by atoms with Gasteiger partial charge in [0.2, 0.25) is 0 Å². The van der Waals surface area contributed by atoms with Gasteiger partial charge in [-0.1, -0.05) is 13.0 Å². The van der Waals surface area contributed by atoms with E-state index in [0.29, 0.717) is 13.0 Å². The molecule has 2 atom stereocenters. The van der Waals surface area contributed by atoms with Crippen molar-refractivity contribution in [1.29, 1.82) is 0 Å². The van der Waals surface area contributed by atoms with Crippen molar-refractivity contribution in [2.45, 2.75) is 45.9 Å². The van der Waals surface area contributed by atoms with E-state index in [1.54, 1.807) is 11.3 Å². The number of anilines is 1. The minimum atomic E-state index is -0.412. The van der Waals surface area contributed by atoms with Gasteiger partial charge in [-0.15, -0.1) is 21.5 Å². The first-order valence-electron chi connectivity index (χ1n) is 7.70. The zero-order chi connectivity index (χ0) is 16.4. The van der Waals surface area contributed by atoms with Crippen LogP contribution in [0.3, 0.4) is 0 Å². The van der Waals surface area contributed by atoms with E-state index in [9.17, 15) is 4.79 Å². The number of aryl methyl sites for hydroxylation is 1. The summed E-state index contributed by atoms with van der Waals surface area (Å²) in [5.74, 6) is 0.653. The van der Waals surface area contributed by atoms with E-state index in [1.165, 1.54) is 0 Å². The standard InChI is InChI=1S/C16H20N4O2S/c1-4-13-16(21)18-12-6-5-11(7-14(12)22-13)9(2)17-8-15-20-19-10(3)23-15/h5-7,9,13,17H,4,8H2,1-3H3,(H,18,21). The molecule has 23 heavy (non-hydrogen) atoms. The van der Waals surface area contributed by atoms with Gasteiger partial charge >= 0.3 is 0 Å². The number of hydrogen-bond acceptors (Lipinski definition) is 6. The number of rotatable bonds is 5. The molecule has 0 fully saturated rings. The highest BCUT2D eigenvalue weighted by Gasteiger charge is 2.26. The van der Waals surface area contributed by atoms with Crippen molar-refractivity contribution in [1.82, 2.24) is 15.5 Å². The van der Waals surface area contributed by atoms with E-state index in [-0.39, 0.29) is 11.9 Å². The fourth-order valence-corrected chi connectivity index (χ4v) is 3.12. The fourth-order valence-electron chi connectivity index (χ4n) is 2.46. The Hall–Kier alpha value is -1.99. The minimum absolute atomic E-state index is 0.0782. The highest BCUT2D eigenvalue weighted by atomic mass is 32.1. The highest BCUT2D eigenvalue weighted by molar-refractivity contribution is 7.11. The lowest BCUT2D eigenvalue weighted by molar-refractivity contribution is -0.123. The number of benzene rings is 1. The first kappa shape index (κ1) is 15.9. The third-order valence-electron chi connectivity index (χ3n) is 3.82.